The Hall–Kier alpha value is -2.11. The van der Waals surface area contributed by atoms with Crippen molar-refractivity contribution in [3.05, 3.63) is 29.6 Å². The van der Waals surface area contributed by atoms with E-state index < -0.39 is 23.7 Å². The predicted octanol–water partition coefficient (Wildman–Crippen LogP) is 1.49. The zero-order valence-corrected chi connectivity index (χ0v) is 10.3. The summed E-state index contributed by atoms with van der Waals surface area (Å²) in [5.74, 6) is -2.37. The summed E-state index contributed by atoms with van der Waals surface area (Å²) >= 11 is 0. The Labute approximate surface area is 109 Å². The Morgan fingerprint density at radius 2 is 2.11 bits per heavy atom. The van der Waals surface area contributed by atoms with Crippen molar-refractivity contribution in [2.75, 3.05) is 12.3 Å². The number of rotatable bonds is 2. The highest BCUT2D eigenvalue weighted by Crippen LogP contribution is 2.22. The lowest BCUT2D eigenvalue weighted by atomic mass is 10.0. The molecule has 102 valence electrons. The average molecular weight is 266 g/mol. The fourth-order valence-electron chi connectivity index (χ4n) is 2.29. The van der Waals surface area contributed by atoms with E-state index >= 15 is 0 Å². The van der Waals surface area contributed by atoms with Crippen molar-refractivity contribution in [3.63, 3.8) is 0 Å². The maximum atomic E-state index is 13.7. The van der Waals surface area contributed by atoms with Crippen molar-refractivity contribution in [2.24, 2.45) is 0 Å². The van der Waals surface area contributed by atoms with Crippen molar-refractivity contribution < 1.29 is 19.1 Å². The summed E-state index contributed by atoms with van der Waals surface area (Å²) in [5.41, 5.74) is 5.51. The van der Waals surface area contributed by atoms with Gasteiger partial charge in [0, 0.05) is 12.2 Å². The molecule has 19 heavy (non-hydrogen) atoms. The van der Waals surface area contributed by atoms with E-state index in [4.69, 9.17) is 10.8 Å². The number of nitrogen functional groups attached to an aromatic ring is 1. The minimum atomic E-state index is -1.05. The number of benzene rings is 1. The fourth-order valence-corrected chi connectivity index (χ4v) is 2.29. The van der Waals surface area contributed by atoms with Gasteiger partial charge in [0.15, 0.2) is 0 Å². The molecule has 1 heterocycles. The molecule has 1 amide bonds. The van der Waals surface area contributed by atoms with E-state index in [0.717, 1.165) is 18.9 Å². The number of carboxylic acid groups (broad SMARTS) is 1. The molecule has 1 aliphatic rings. The Balaban J connectivity index is 2.28. The van der Waals surface area contributed by atoms with E-state index in [2.05, 4.69) is 0 Å². The van der Waals surface area contributed by atoms with Gasteiger partial charge in [0.2, 0.25) is 0 Å². The number of hydrogen-bond donors (Lipinski definition) is 2. The molecule has 1 unspecified atom stereocenters. The number of anilines is 1. The molecule has 1 fully saturated rings. The molecule has 0 bridgehead atoms. The van der Waals surface area contributed by atoms with Crippen LogP contribution in [0.5, 0.6) is 0 Å². The van der Waals surface area contributed by atoms with Crippen molar-refractivity contribution in [1.29, 1.82) is 0 Å². The molecular weight excluding hydrogens is 251 g/mol. The fraction of sp³-hybridized carbons (Fsp3) is 0.385. The Kier molecular flexibility index (Phi) is 3.69. The first kappa shape index (κ1) is 13.3. The van der Waals surface area contributed by atoms with Crippen LogP contribution >= 0.6 is 0 Å². The number of carbonyl (C=O) groups is 2. The number of halogens is 1. The number of nitrogens with two attached hydrogens (primary N) is 1. The molecule has 1 atom stereocenters. The van der Waals surface area contributed by atoms with Crippen LogP contribution in [0.15, 0.2) is 18.2 Å². The molecule has 3 N–H and O–H groups in total. The Bertz CT molecular complexity index is 519. The molecule has 2 rings (SSSR count). The SMILES string of the molecule is Nc1ccc(C(=O)N2CCCCC2C(=O)O)c(F)c1. The standard InChI is InChI=1S/C13H15FN2O3/c14-10-7-8(15)4-5-9(10)12(17)16-6-2-1-3-11(16)13(18)19/h4-5,7,11H,1-3,6,15H2,(H,18,19). The lowest BCUT2D eigenvalue weighted by Crippen LogP contribution is -2.48. The van der Waals surface area contributed by atoms with Gasteiger partial charge in [0.25, 0.3) is 5.91 Å². The number of nitrogens with zero attached hydrogens (tertiary/aromatic N) is 1. The highest BCUT2D eigenvalue weighted by molar-refractivity contribution is 5.97. The highest BCUT2D eigenvalue weighted by atomic mass is 19.1. The van der Waals surface area contributed by atoms with E-state index in [1.807, 2.05) is 0 Å². The van der Waals surface area contributed by atoms with Crippen molar-refractivity contribution >= 4 is 17.6 Å². The number of hydrogen-bond acceptors (Lipinski definition) is 3. The number of piperidine rings is 1. The minimum absolute atomic E-state index is 0.137. The summed E-state index contributed by atoms with van der Waals surface area (Å²) in [7, 11) is 0. The summed E-state index contributed by atoms with van der Waals surface area (Å²) in [5, 5.41) is 9.11. The van der Waals surface area contributed by atoms with Gasteiger partial charge in [0.1, 0.15) is 11.9 Å². The van der Waals surface area contributed by atoms with Crippen molar-refractivity contribution in [3.8, 4) is 0 Å². The van der Waals surface area contributed by atoms with Crippen molar-refractivity contribution in [2.45, 2.75) is 25.3 Å². The smallest absolute Gasteiger partial charge is 0.326 e. The van der Waals surface area contributed by atoms with Crippen LogP contribution in [-0.2, 0) is 4.79 Å². The van der Waals surface area contributed by atoms with Gasteiger partial charge in [-0.15, -0.1) is 0 Å². The summed E-state index contributed by atoms with van der Waals surface area (Å²) in [6.45, 7) is 0.333. The zero-order chi connectivity index (χ0) is 14.0. The van der Waals surface area contributed by atoms with E-state index in [1.165, 1.54) is 17.0 Å². The van der Waals surface area contributed by atoms with Crippen LogP contribution in [0.3, 0.4) is 0 Å². The lowest BCUT2D eigenvalue weighted by Gasteiger charge is -2.33. The molecule has 6 heteroatoms. The molecule has 0 radical (unpaired) electrons. The first-order valence-electron chi connectivity index (χ1n) is 6.09. The highest BCUT2D eigenvalue weighted by Gasteiger charge is 2.33. The van der Waals surface area contributed by atoms with Gasteiger partial charge in [0.05, 0.1) is 5.56 Å². The Morgan fingerprint density at radius 1 is 1.37 bits per heavy atom. The predicted molar refractivity (Wildman–Crippen MR) is 67.1 cm³/mol. The second-order valence-corrected chi connectivity index (χ2v) is 4.59. The molecule has 1 aliphatic heterocycles. The molecule has 0 aliphatic carbocycles. The maximum Gasteiger partial charge on any atom is 0.326 e. The van der Waals surface area contributed by atoms with Crippen LogP contribution in [0.1, 0.15) is 29.6 Å². The van der Waals surface area contributed by atoms with Crippen LogP contribution in [0.25, 0.3) is 0 Å². The number of aliphatic carboxylic acids is 1. The van der Waals surface area contributed by atoms with Crippen LogP contribution in [0, 0.1) is 5.82 Å². The van der Waals surface area contributed by atoms with Crippen LogP contribution in [-0.4, -0.2) is 34.5 Å². The van der Waals surface area contributed by atoms with E-state index in [1.54, 1.807) is 0 Å². The second kappa shape index (κ2) is 5.26. The topological polar surface area (TPSA) is 83.6 Å². The third-order valence-corrected chi connectivity index (χ3v) is 3.27. The molecule has 0 aromatic heterocycles. The molecule has 0 saturated carbocycles. The number of amides is 1. The molecule has 1 aromatic carbocycles. The molecule has 0 spiro atoms. The van der Waals surface area contributed by atoms with Gasteiger partial charge in [-0.3, -0.25) is 4.79 Å². The quantitative estimate of drug-likeness (QED) is 0.794. The second-order valence-electron chi connectivity index (χ2n) is 4.59. The number of carboxylic acids is 1. The summed E-state index contributed by atoms with van der Waals surface area (Å²) in [6.07, 6.45) is 1.88. The molecule has 1 aromatic rings. The van der Waals surface area contributed by atoms with Gasteiger partial charge in [-0.2, -0.15) is 0 Å². The van der Waals surface area contributed by atoms with Gasteiger partial charge < -0.3 is 15.7 Å². The van der Waals surface area contributed by atoms with Gasteiger partial charge >= 0.3 is 5.97 Å². The van der Waals surface area contributed by atoms with Gasteiger partial charge in [-0.1, -0.05) is 0 Å². The van der Waals surface area contributed by atoms with Crippen LogP contribution < -0.4 is 5.73 Å². The van der Waals surface area contributed by atoms with Gasteiger partial charge in [-0.05, 0) is 37.5 Å². The first-order valence-corrected chi connectivity index (χ1v) is 6.09. The largest absolute Gasteiger partial charge is 0.480 e. The molecular formula is C13H15FN2O3. The summed E-state index contributed by atoms with van der Waals surface area (Å²) in [6, 6.07) is 2.90. The normalized spacial score (nSPS) is 19.2. The monoisotopic (exact) mass is 266 g/mol. The molecule has 5 nitrogen and oxygen atoms in total. The van der Waals surface area contributed by atoms with Crippen LogP contribution in [0.4, 0.5) is 10.1 Å². The zero-order valence-electron chi connectivity index (χ0n) is 10.3. The average Bonchev–Trinajstić information content (AvgIpc) is 2.38. The minimum Gasteiger partial charge on any atom is -0.480 e. The van der Waals surface area contributed by atoms with Crippen LogP contribution in [0.2, 0.25) is 0 Å². The third kappa shape index (κ3) is 2.67. The lowest BCUT2D eigenvalue weighted by molar-refractivity contribution is -0.143. The summed E-state index contributed by atoms with van der Waals surface area (Å²) in [4.78, 5) is 24.6. The van der Waals surface area contributed by atoms with E-state index in [9.17, 15) is 14.0 Å². The molecule has 1 saturated heterocycles. The number of likely N-dealkylation sites (tertiary alicyclic amines) is 1. The summed E-state index contributed by atoms with van der Waals surface area (Å²) < 4.78 is 13.7. The first-order chi connectivity index (χ1) is 9.00. The van der Waals surface area contributed by atoms with E-state index in [-0.39, 0.29) is 11.3 Å². The van der Waals surface area contributed by atoms with Crippen molar-refractivity contribution in [1.82, 2.24) is 4.90 Å². The Morgan fingerprint density at radius 3 is 2.74 bits per heavy atom. The van der Waals surface area contributed by atoms with E-state index in [0.29, 0.717) is 13.0 Å². The third-order valence-electron chi connectivity index (χ3n) is 3.27. The van der Waals surface area contributed by atoms with Gasteiger partial charge in [-0.25, -0.2) is 9.18 Å². The maximum absolute atomic E-state index is 13.7. The number of carbonyl (C=O) groups excluding carboxylic acids is 1.